The molecule has 0 bridgehead atoms. The first-order chi connectivity index (χ1) is 12.1. The number of rotatable bonds is 5. The first-order valence-electron chi connectivity index (χ1n) is 7.65. The third-order valence-corrected chi connectivity index (χ3v) is 3.52. The van der Waals surface area contributed by atoms with E-state index in [0.717, 1.165) is 17.7 Å². The van der Waals surface area contributed by atoms with Gasteiger partial charge in [0.1, 0.15) is 12.4 Å². The van der Waals surface area contributed by atoms with E-state index in [9.17, 15) is 13.6 Å². The number of hydrogen-bond donors (Lipinski definition) is 1. The second-order valence-corrected chi connectivity index (χ2v) is 5.39. The van der Waals surface area contributed by atoms with Crippen LogP contribution in [0.2, 0.25) is 0 Å². The number of hydrogen-bond acceptors (Lipinski definition) is 2. The zero-order valence-electron chi connectivity index (χ0n) is 13.2. The van der Waals surface area contributed by atoms with Crippen molar-refractivity contribution in [3.05, 3.63) is 95.6 Å². The highest BCUT2D eigenvalue weighted by Crippen LogP contribution is 2.18. The molecule has 1 N–H and O–H groups in total. The Morgan fingerprint density at radius 1 is 0.880 bits per heavy atom. The molecule has 3 rings (SSSR count). The number of anilines is 1. The van der Waals surface area contributed by atoms with Gasteiger partial charge in [0.05, 0.1) is 0 Å². The predicted molar refractivity (Wildman–Crippen MR) is 91.5 cm³/mol. The zero-order valence-corrected chi connectivity index (χ0v) is 13.2. The van der Waals surface area contributed by atoms with E-state index in [1.54, 1.807) is 24.3 Å². The van der Waals surface area contributed by atoms with Crippen molar-refractivity contribution >= 4 is 11.6 Å². The Bertz CT molecular complexity index is 882. The molecule has 5 heteroatoms. The van der Waals surface area contributed by atoms with Crippen LogP contribution < -0.4 is 10.1 Å². The van der Waals surface area contributed by atoms with E-state index in [-0.39, 0.29) is 5.69 Å². The van der Waals surface area contributed by atoms with Gasteiger partial charge in [-0.1, -0.05) is 36.4 Å². The van der Waals surface area contributed by atoms with E-state index in [1.807, 2.05) is 30.3 Å². The molecule has 1 amide bonds. The topological polar surface area (TPSA) is 38.3 Å². The van der Waals surface area contributed by atoms with Crippen LogP contribution in [0.25, 0.3) is 0 Å². The Hall–Kier alpha value is -3.21. The number of amides is 1. The minimum Gasteiger partial charge on any atom is -0.489 e. The number of halogens is 2. The van der Waals surface area contributed by atoms with E-state index in [1.165, 1.54) is 6.07 Å². The van der Waals surface area contributed by atoms with Gasteiger partial charge in [0, 0.05) is 17.3 Å². The Balaban J connectivity index is 1.67. The average Bonchev–Trinajstić information content (AvgIpc) is 2.64. The highest BCUT2D eigenvalue weighted by molar-refractivity contribution is 6.04. The van der Waals surface area contributed by atoms with Crippen LogP contribution in [-0.2, 0) is 6.61 Å². The number of ether oxygens (including phenoxy) is 1. The first-order valence-corrected chi connectivity index (χ1v) is 7.65. The minimum atomic E-state index is -1.02. The smallest absolute Gasteiger partial charge is 0.255 e. The normalized spacial score (nSPS) is 10.3. The van der Waals surface area contributed by atoms with Crippen molar-refractivity contribution in [2.75, 3.05) is 5.32 Å². The maximum absolute atomic E-state index is 13.2. The number of nitrogens with one attached hydrogen (secondary N) is 1. The van der Waals surface area contributed by atoms with E-state index in [0.29, 0.717) is 17.9 Å². The van der Waals surface area contributed by atoms with Crippen molar-refractivity contribution in [1.82, 2.24) is 0 Å². The summed E-state index contributed by atoms with van der Waals surface area (Å²) in [6, 6.07) is 19.5. The van der Waals surface area contributed by atoms with Crippen LogP contribution in [0.15, 0.2) is 72.8 Å². The van der Waals surface area contributed by atoms with Crippen molar-refractivity contribution in [3.63, 3.8) is 0 Å². The fraction of sp³-hybridized carbons (Fsp3) is 0.0500. The molecule has 0 atom stereocenters. The lowest BCUT2D eigenvalue weighted by atomic mass is 10.2. The predicted octanol–water partition coefficient (Wildman–Crippen LogP) is 4.80. The van der Waals surface area contributed by atoms with Crippen LogP contribution in [0, 0.1) is 11.6 Å². The van der Waals surface area contributed by atoms with E-state index in [4.69, 9.17) is 4.74 Å². The summed E-state index contributed by atoms with van der Waals surface area (Å²) in [4.78, 5) is 12.3. The molecule has 0 radical (unpaired) electrons. The second-order valence-electron chi connectivity index (χ2n) is 5.39. The number of carbonyl (C=O) groups is 1. The molecule has 0 saturated carbocycles. The summed E-state index contributed by atoms with van der Waals surface area (Å²) in [7, 11) is 0. The lowest BCUT2D eigenvalue weighted by Crippen LogP contribution is -2.12. The number of benzene rings is 3. The van der Waals surface area contributed by atoms with Crippen LogP contribution in [0.5, 0.6) is 5.75 Å². The second kappa shape index (κ2) is 7.57. The molecule has 3 aromatic rings. The van der Waals surface area contributed by atoms with Crippen LogP contribution in [0.3, 0.4) is 0 Å². The van der Waals surface area contributed by atoms with Gasteiger partial charge in [-0.25, -0.2) is 8.78 Å². The molecule has 0 spiro atoms. The molecule has 0 saturated heterocycles. The Kier molecular flexibility index (Phi) is 5.04. The lowest BCUT2D eigenvalue weighted by molar-refractivity contribution is 0.102. The minimum absolute atomic E-state index is 0.180. The van der Waals surface area contributed by atoms with E-state index < -0.39 is 17.5 Å². The summed E-state index contributed by atoms with van der Waals surface area (Å²) >= 11 is 0. The molecule has 0 fully saturated rings. The van der Waals surface area contributed by atoms with Crippen LogP contribution in [0.4, 0.5) is 14.5 Å². The monoisotopic (exact) mass is 339 g/mol. The van der Waals surface area contributed by atoms with Crippen molar-refractivity contribution in [3.8, 4) is 5.75 Å². The molecule has 3 nitrogen and oxygen atoms in total. The summed E-state index contributed by atoms with van der Waals surface area (Å²) in [5.74, 6) is -1.87. The van der Waals surface area contributed by atoms with Gasteiger partial charge in [-0.05, 0) is 35.9 Å². The van der Waals surface area contributed by atoms with E-state index >= 15 is 0 Å². The van der Waals surface area contributed by atoms with Gasteiger partial charge >= 0.3 is 0 Å². The molecule has 0 unspecified atom stereocenters. The summed E-state index contributed by atoms with van der Waals surface area (Å²) in [5.41, 5.74) is 1.55. The van der Waals surface area contributed by atoms with Crippen LogP contribution in [0.1, 0.15) is 15.9 Å². The van der Waals surface area contributed by atoms with Gasteiger partial charge in [0.25, 0.3) is 5.91 Å². The highest BCUT2D eigenvalue weighted by atomic mass is 19.2. The summed E-state index contributed by atoms with van der Waals surface area (Å²) in [6.45, 7) is 0.384. The van der Waals surface area contributed by atoms with E-state index in [2.05, 4.69) is 5.32 Å². The van der Waals surface area contributed by atoms with Gasteiger partial charge in [0.15, 0.2) is 11.6 Å². The molecule has 0 aliphatic heterocycles. The largest absolute Gasteiger partial charge is 0.489 e. The van der Waals surface area contributed by atoms with Gasteiger partial charge in [-0.15, -0.1) is 0 Å². The Morgan fingerprint density at radius 3 is 2.44 bits per heavy atom. The molecule has 0 aliphatic carbocycles. The van der Waals surface area contributed by atoms with Crippen molar-refractivity contribution in [2.45, 2.75) is 6.61 Å². The third-order valence-electron chi connectivity index (χ3n) is 3.52. The van der Waals surface area contributed by atoms with Crippen molar-refractivity contribution in [2.24, 2.45) is 0 Å². The highest BCUT2D eigenvalue weighted by Gasteiger charge is 2.09. The molecule has 25 heavy (non-hydrogen) atoms. The van der Waals surface area contributed by atoms with Crippen molar-refractivity contribution < 1.29 is 18.3 Å². The van der Waals surface area contributed by atoms with Gasteiger partial charge in [0.2, 0.25) is 0 Å². The SMILES string of the molecule is O=C(Nc1ccc(F)c(F)c1)c1cccc(OCc2ccccc2)c1. The lowest BCUT2D eigenvalue weighted by Gasteiger charge is -2.09. The summed E-state index contributed by atoms with van der Waals surface area (Å²) in [6.07, 6.45) is 0. The van der Waals surface area contributed by atoms with Crippen LogP contribution in [-0.4, -0.2) is 5.91 Å². The Labute approximate surface area is 143 Å². The van der Waals surface area contributed by atoms with Gasteiger partial charge in [-0.2, -0.15) is 0 Å². The maximum Gasteiger partial charge on any atom is 0.255 e. The third kappa shape index (κ3) is 4.41. The maximum atomic E-state index is 13.2. The Morgan fingerprint density at radius 2 is 1.68 bits per heavy atom. The number of carbonyl (C=O) groups excluding carboxylic acids is 1. The molecule has 126 valence electrons. The van der Waals surface area contributed by atoms with Crippen LogP contribution >= 0.6 is 0 Å². The zero-order chi connectivity index (χ0) is 17.6. The fourth-order valence-electron chi connectivity index (χ4n) is 2.25. The molecule has 0 aliphatic rings. The summed E-state index contributed by atoms with van der Waals surface area (Å²) in [5, 5.41) is 2.53. The summed E-state index contributed by atoms with van der Waals surface area (Å²) < 4.78 is 31.8. The van der Waals surface area contributed by atoms with Crippen molar-refractivity contribution in [1.29, 1.82) is 0 Å². The molecule has 3 aromatic carbocycles. The van der Waals surface area contributed by atoms with Gasteiger partial charge < -0.3 is 10.1 Å². The standard InChI is InChI=1S/C20H15F2NO2/c21-18-10-9-16(12-19(18)22)23-20(24)15-7-4-8-17(11-15)25-13-14-5-2-1-3-6-14/h1-12H,13H2,(H,23,24). The quantitative estimate of drug-likeness (QED) is 0.725. The molecule has 0 heterocycles. The van der Waals surface area contributed by atoms with Gasteiger partial charge in [-0.3, -0.25) is 4.79 Å². The molecular weight excluding hydrogens is 324 g/mol. The molecular formula is C20H15F2NO2. The average molecular weight is 339 g/mol. The molecule has 0 aromatic heterocycles. The fourth-order valence-corrected chi connectivity index (χ4v) is 2.25. The first kappa shape index (κ1) is 16.6.